The molecule has 1 amide bonds. The van der Waals surface area contributed by atoms with Gasteiger partial charge >= 0.3 is 5.97 Å². The molecule has 1 saturated carbocycles. The van der Waals surface area contributed by atoms with E-state index in [2.05, 4.69) is 6.07 Å². The van der Waals surface area contributed by atoms with Gasteiger partial charge in [-0.2, -0.15) is 5.26 Å². The van der Waals surface area contributed by atoms with Crippen LogP contribution in [0.2, 0.25) is 0 Å². The van der Waals surface area contributed by atoms with Gasteiger partial charge in [0.25, 0.3) is 5.91 Å². The molecule has 1 heterocycles. The Morgan fingerprint density at radius 2 is 1.97 bits per heavy atom. The Labute approximate surface area is 176 Å². The van der Waals surface area contributed by atoms with Crippen LogP contribution in [0.3, 0.4) is 0 Å². The van der Waals surface area contributed by atoms with Crippen LogP contribution in [0.5, 0.6) is 0 Å². The Kier molecular flexibility index (Phi) is 6.78. The minimum Gasteiger partial charge on any atom is -0.449 e. The standard InChI is InChI=1S/C23H28N2O5/c1-4-28-14-18-17-10-6-7-11-19(17)30-20(18)22(27)29-16(2)21(26)25(3)23(15-24)12-8-5-9-13-23/h6-7,10-11,16H,4-5,8-9,12-14H2,1-3H3/t16-/m0/s1. The highest BCUT2D eigenvalue weighted by Gasteiger charge is 2.41. The molecule has 3 rings (SSSR count). The summed E-state index contributed by atoms with van der Waals surface area (Å²) in [5.41, 5.74) is 0.322. The zero-order chi connectivity index (χ0) is 21.7. The molecule has 1 aromatic heterocycles. The molecule has 7 heteroatoms. The molecule has 0 saturated heterocycles. The first-order chi connectivity index (χ1) is 14.4. The zero-order valence-corrected chi connectivity index (χ0v) is 17.8. The molecule has 0 N–H and O–H groups in total. The highest BCUT2D eigenvalue weighted by atomic mass is 16.6. The van der Waals surface area contributed by atoms with Crippen molar-refractivity contribution in [1.29, 1.82) is 5.26 Å². The molecule has 160 valence electrons. The van der Waals surface area contributed by atoms with E-state index in [1.165, 1.54) is 11.8 Å². The first-order valence-corrected chi connectivity index (χ1v) is 10.4. The van der Waals surface area contributed by atoms with E-state index in [9.17, 15) is 14.9 Å². The lowest BCUT2D eigenvalue weighted by atomic mass is 9.81. The lowest BCUT2D eigenvalue weighted by molar-refractivity contribution is -0.143. The maximum atomic E-state index is 12.9. The third-order valence-corrected chi connectivity index (χ3v) is 5.83. The third-order valence-electron chi connectivity index (χ3n) is 5.83. The summed E-state index contributed by atoms with van der Waals surface area (Å²) in [7, 11) is 1.61. The predicted molar refractivity (Wildman–Crippen MR) is 111 cm³/mol. The van der Waals surface area contributed by atoms with Crippen molar-refractivity contribution in [2.75, 3.05) is 13.7 Å². The minimum absolute atomic E-state index is 0.0413. The molecule has 1 aromatic carbocycles. The maximum Gasteiger partial charge on any atom is 0.375 e. The summed E-state index contributed by atoms with van der Waals surface area (Å²) in [6.07, 6.45) is 3.09. The number of hydrogen-bond donors (Lipinski definition) is 0. The SMILES string of the molecule is CCOCc1c(C(=O)O[C@@H](C)C(=O)N(C)C2(C#N)CCCCC2)oc2ccccc12. The molecular formula is C23H28N2O5. The number of furan rings is 1. The summed E-state index contributed by atoms with van der Waals surface area (Å²) in [6, 6.07) is 9.61. The molecule has 0 spiro atoms. The van der Waals surface area contributed by atoms with E-state index in [1.54, 1.807) is 13.1 Å². The van der Waals surface area contributed by atoms with Crippen LogP contribution in [-0.4, -0.2) is 42.1 Å². The quantitative estimate of drug-likeness (QED) is 0.633. The molecule has 1 aliphatic rings. The van der Waals surface area contributed by atoms with E-state index in [0.29, 0.717) is 30.6 Å². The first kappa shape index (κ1) is 21.8. The molecule has 7 nitrogen and oxygen atoms in total. The molecule has 0 radical (unpaired) electrons. The van der Waals surface area contributed by atoms with Crippen molar-refractivity contribution >= 4 is 22.8 Å². The molecule has 0 unspecified atom stereocenters. The van der Waals surface area contributed by atoms with Crippen molar-refractivity contribution in [3.05, 3.63) is 35.6 Å². The summed E-state index contributed by atoms with van der Waals surface area (Å²) in [5.74, 6) is -1.07. The molecule has 30 heavy (non-hydrogen) atoms. The van der Waals surface area contributed by atoms with Crippen LogP contribution in [0.4, 0.5) is 0 Å². The molecule has 2 aromatic rings. The normalized spacial score (nSPS) is 16.6. The lowest BCUT2D eigenvalue weighted by Gasteiger charge is -2.39. The van der Waals surface area contributed by atoms with Crippen molar-refractivity contribution in [2.45, 2.75) is 64.2 Å². The topological polar surface area (TPSA) is 92.8 Å². The van der Waals surface area contributed by atoms with Crippen LogP contribution in [0.1, 0.15) is 62.1 Å². The van der Waals surface area contributed by atoms with Crippen molar-refractivity contribution in [2.24, 2.45) is 0 Å². The number of rotatable bonds is 7. The van der Waals surface area contributed by atoms with Gasteiger partial charge in [0.2, 0.25) is 5.76 Å². The zero-order valence-electron chi connectivity index (χ0n) is 17.8. The fourth-order valence-corrected chi connectivity index (χ4v) is 4.02. The second kappa shape index (κ2) is 9.31. The Bertz CT molecular complexity index is 952. The van der Waals surface area contributed by atoms with Crippen LogP contribution in [0.15, 0.2) is 28.7 Å². The average Bonchev–Trinajstić information content (AvgIpc) is 3.15. The van der Waals surface area contributed by atoms with Gasteiger partial charge in [-0.25, -0.2) is 4.79 Å². The van der Waals surface area contributed by atoms with Gasteiger partial charge in [0.05, 0.1) is 12.7 Å². The Balaban J connectivity index is 1.78. The van der Waals surface area contributed by atoms with Crippen LogP contribution in [0.25, 0.3) is 11.0 Å². The van der Waals surface area contributed by atoms with Crippen LogP contribution >= 0.6 is 0 Å². The second-order valence-electron chi connectivity index (χ2n) is 7.69. The summed E-state index contributed by atoms with van der Waals surface area (Å²) in [4.78, 5) is 27.2. The number of likely N-dealkylation sites (N-methyl/N-ethyl adjacent to an activating group) is 1. The van der Waals surface area contributed by atoms with E-state index >= 15 is 0 Å². The van der Waals surface area contributed by atoms with Crippen molar-refractivity contribution in [1.82, 2.24) is 4.90 Å². The summed E-state index contributed by atoms with van der Waals surface area (Å²) >= 11 is 0. The van der Waals surface area contributed by atoms with E-state index in [1.807, 2.05) is 25.1 Å². The number of ether oxygens (including phenoxy) is 2. The fraction of sp³-hybridized carbons (Fsp3) is 0.522. The number of hydrogen-bond acceptors (Lipinski definition) is 6. The summed E-state index contributed by atoms with van der Waals surface area (Å²) in [6.45, 7) is 4.09. The van der Waals surface area contributed by atoms with Gasteiger partial charge in [-0.05, 0) is 32.8 Å². The number of carbonyl (C=O) groups excluding carboxylic acids is 2. The van der Waals surface area contributed by atoms with Gasteiger partial charge in [0.1, 0.15) is 11.1 Å². The van der Waals surface area contributed by atoms with Gasteiger partial charge < -0.3 is 18.8 Å². The molecule has 1 atom stereocenters. The van der Waals surface area contributed by atoms with E-state index in [4.69, 9.17) is 13.9 Å². The number of carbonyl (C=O) groups is 2. The molecule has 1 aliphatic carbocycles. The second-order valence-corrected chi connectivity index (χ2v) is 7.69. The Morgan fingerprint density at radius 3 is 2.63 bits per heavy atom. The van der Waals surface area contributed by atoms with E-state index in [-0.39, 0.29) is 12.4 Å². The van der Waals surface area contributed by atoms with Gasteiger partial charge in [-0.1, -0.05) is 37.5 Å². The van der Waals surface area contributed by atoms with Crippen molar-refractivity contribution in [3.8, 4) is 6.07 Å². The van der Waals surface area contributed by atoms with Crippen LogP contribution < -0.4 is 0 Å². The lowest BCUT2D eigenvalue weighted by Crippen LogP contribution is -2.53. The largest absolute Gasteiger partial charge is 0.449 e. The van der Waals surface area contributed by atoms with Crippen LogP contribution in [0, 0.1) is 11.3 Å². The smallest absolute Gasteiger partial charge is 0.375 e. The minimum atomic E-state index is -1.04. The van der Waals surface area contributed by atoms with E-state index < -0.39 is 23.5 Å². The highest BCUT2D eigenvalue weighted by molar-refractivity contribution is 5.97. The molecule has 1 fully saturated rings. The number of amides is 1. The number of nitrogens with zero attached hydrogens (tertiary/aromatic N) is 2. The summed E-state index contributed by atoms with van der Waals surface area (Å²) < 4.78 is 16.7. The third kappa shape index (κ3) is 4.19. The number of nitriles is 1. The molecule has 0 bridgehead atoms. The van der Waals surface area contributed by atoms with Gasteiger partial charge in [0, 0.05) is 24.6 Å². The number of esters is 1. The van der Waals surface area contributed by atoms with Gasteiger partial charge in [0.15, 0.2) is 6.10 Å². The van der Waals surface area contributed by atoms with E-state index in [0.717, 1.165) is 24.6 Å². The number of fused-ring (bicyclic) bond motifs is 1. The molecule has 0 aliphatic heterocycles. The van der Waals surface area contributed by atoms with Crippen molar-refractivity contribution < 1.29 is 23.5 Å². The fourth-order valence-electron chi connectivity index (χ4n) is 4.02. The number of para-hydroxylation sites is 1. The average molecular weight is 412 g/mol. The van der Waals surface area contributed by atoms with Gasteiger partial charge in [-0.15, -0.1) is 0 Å². The molecular weight excluding hydrogens is 384 g/mol. The summed E-state index contributed by atoms with van der Waals surface area (Å²) in [5, 5.41) is 10.5. The highest BCUT2D eigenvalue weighted by Crippen LogP contribution is 2.33. The first-order valence-electron chi connectivity index (χ1n) is 10.4. The Hall–Kier alpha value is -2.85. The van der Waals surface area contributed by atoms with Crippen LogP contribution in [-0.2, 0) is 20.9 Å². The number of benzene rings is 1. The van der Waals surface area contributed by atoms with Crippen molar-refractivity contribution in [3.63, 3.8) is 0 Å². The predicted octanol–water partition coefficient (Wildman–Crippen LogP) is 4.20. The monoisotopic (exact) mass is 412 g/mol. The Morgan fingerprint density at radius 1 is 1.27 bits per heavy atom. The maximum absolute atomic E-state index is 12.9. The van der Waals surface area contributed by atoms with Gasteiger partial charge in [-0.3, -0.25) is 4.79 Å².